The van der Waals surface area contributed by atoms with Gasteiger partial charge in [0.2, 0.25) is 0 Å². The first-order valence-electron chi connectivity index (χ1n) is 8.47. The Kier molecular flexibility index (Phi) is 2.74. The SMILES string of the molecule is C[C@]12CCCC1(O)C1CC3CCC(=O)C=C3CC1CC2. The normalized spacial score (nSPS) is 51.0. The minimum absolute atomic E-state index is 0.167. The largest absolute Gasteiger partial charge is 0.389 e. The Labute approximate surface area is 121 Å². The minimum atomic E-state index is -0.414. The minimum Gasteiger partial charge on any atom is -0.389 e. The molecule has 1 N–H and O–H groups in total. The number of carbonyl (C=O) groups excluding carboxylic acids is 1. The molecule has 0 saturated heterocycles. The Hall–Kier alpha value is -0.630. The molecule has 110 valence electrons. The van der Waals surface area contributed by atoms with Crippen LogP contribution in [0, 0.1) is 23.2 Å². The van der Waals surface area contributed by atoms with E-state index in [1.54, 1.807) is 0 Å². The number of fused-ring (bicyclic) bond motifs is 4. The van der Waals surface area contributed by atoms with Gasteiger partial charge in [-0.2, -0.15) is 0 Å². The Morgan fingerprint density at radius 3 is 2.95 bits per heavy atom. The Balaban J connectivity index is 1.66. The molecule has 0 radical (unpaired) electrons. The topological polar surface area (TPSA) is 37.3 Å². The molecule has 3 fully saturated rings. The van der Waals surface area contributed by atoms with Gasteiger partial charge in [-0.15, -0.1) is 0 Å². The van der Waals surface area contributed by atoms with Crippen LogP contribution in [0.2, 0.25) is 0 Å². The van der Waals surface area contributed by atoms with Gasteiger partial charge >= 0.3 is 0 Å². The van der Waals surface area contributed by atoms with Gasteiger partial charge < -0.3 is 5.11 Å². The molecule has 20 heavy (non-hydrogen) atoms. The van der Waals surface area contributed by atoms with Gasteiger partial charge in [0.25, 0.3) is 0 Å². The second kappa shape index (κ2) is 4.19. The molecule has 3 saturated carbocycles. The molecule has 0 heterocycles. The van der Waals surface area contributed by atoms with E-state index in [1.165, 1.54) is 31.3 Å². The summed E-state index contributed by atoms with van der Waals surface area (Å²) in [6.07, 6.45) is 11.8. The zero-order valence-corrected chi connectivity index (χ0v) is 12.5. The zero-order valence-electron chi connectivity index (χ0n) is 12.5. The van der Waals surface area contributed by atoms with E-state index in [1.807, 2.05) is 6.08 Å². The number of aliphatic hydroxyl groups is 1. The number of carbonyl (C=O) groups is 1. The second-order valence-corrected chi connectivity index (χ2v) is 8.10. The van der Waals surface area contributed by atoms with Crippen molar-refractivity contribution >= 4 is 5.78 Å². The summed E-state index contributed by atoms with van der Waals surface area (Å²) in [4.78, 5) is 11.6. The maximum Gasteiger partial charge on any atom is 0.155 e. The van der Waals surface area contributed by atoms with Crippen molar-refractivity contribution in [3.63, 3.8) is 0 Å². The molecule has 0 spiro atoms. The zero-order chi connectivity index (χ0) is 14.0. The summed E-state index contributed by atoms with van der Waals surface area (Å²) in [5.74, 6) is 2.02. The van der Waals surface area contributed by atoms with E-state index in [9.17, 15) is 9.90 Å². The van der Waals surface area contributed by atoms with Crippen LogP contribution in [0.5, 0.6) is 0 Å². The fraction of sp³-hybridized carbons (Fsp3) is 0.833. The molecule has 4 rings (SSSR count). The van der Waals surface area contributed by atoms with Crippen molar-refractivity contribution in [2.45, 2.75) is 70.3 Å². The maximum atomic E-state index is 11.6. The first-order valence-corrected chi connectivity index (χ1v) is 8.47. The highest BCUT2D eigenvalue weighted by Gasteiger charge is 2.60. The van der Waals surface area contributed by atoms with Crippen molar-refractivity contribution in [1.29, 1.82) is 0 Å². The third-order valence-electron chi connectivity index (χ3n) is 7.23. The third kappa shape index (κ3) is 1.63. The monoisotopic (exact) mass is 274 g/mol. The number of hydrogen-bond donors (Lipinski definition) is 1. The van der Waals surface area contributed by atoms with Crippen molar-refractivity contribution in [2.75, 3.05) is 0 Å². The molecular weight excluding hydrogens is 248 g/mol. The highest BCUT2D eigenvalue weighted by Crippen LogP contribution is 2.63. The third-order valence-corrected chi connectivity index (χ3v) is 7.23. The maximum absolute atomic E-state index is 11.6. The van der Waals surface area contributed by atoms with Gasteiger partial charge in [0.05, 0.1) is 5.60 Å². The van der Waals surface area contributed by atoms with Gasteiger partial charge in [0, 0.05) is 6.42 Å². The molecule has 0 aliphatic heterocycles. The van der Waals surface area contributed by atoms with E-state index in [0.29, 0.717) is 23.5 Å². The lowest BCUT2D eigenvalue weighted by atomic mass is 9.51. The number of rotatable bonds is 0. The van der Waals surface area contributed by atoms with Crippen LogP contribution < -0.4 is 0 Å². The Bertz CT molecular complexity index is 480. The summed E-state index contributed by atoms with van der Waals surface area (Å²) in [5, 5.41) is 11.4. The van der Waals surface area contributed by atoms with Gasteiger partial charge in [-0.25, -0.2) is 0 Å². The Morgan fingerprint density at radius 1 is 1.25 bits per heavy atom. The summed E-state index contributed by atoms with van der Waals surface area (Å²) < 4.78 is 0. The van der Waals surface area contributed by atoms with Gasteiger partial charge in [-0.1, -0.05) is 12.5 Å². The van der Waals surface area contributed by atoms with Crippen LogP contribution in [0.3, 0.4) is 0 Å². The van der Waals surface area contributed by atoms with Crippen molar-refractivity contribution in [3.8, 4) is 0 Å². The van der Waals surface area contributed by atoms with E-state index in [-0.39, 0.29) is 5.41 Å². The summed E-state index contributed by atoms with van der Waals surface area (Å²) in [6, 6.07) is 0. The van der Waals surface area contributed by atoms with Crippen molar-refractivity contribution in [2.24, 2.45) is 23.2 Å². The van der Waals surface area contributed by atoms with Crippen LogP contribution in [0.15, 0.2) is 11.6 Å². The smallest absolute Gasteiger partial charge is 0.155 e. The van der Waals surface area contributed by atoms with Gasteiger partial charge in [-0.05, 0) is 80.6 Å². The molecule has 4 unspecified atom stereocenters. The lowest BCUT2D eigenvalue weighted by Crippen LogP contribution is -2.56. The van der Waals surface area contributed by atoms with E-state index in [2.05, 4.69) is 6.92 Å². The Morgan fingerprint density at radius 2 is 2.10 bits per heavy atom. The van der Waals surface area contributed by atoms with Gasteiger partial charge in [-0.3, -0.25) is 4.79 Å². The van der Waals surface area contributed by atoms with Crippen molar-refractivity contribution in [3.05, 3.63) is 11.6 Å². The van der Waals surface area contributed by atoms with E-state index in [4.69, 9.17) is 0 Å². The van der Waals surface area contributed by atoms with Crippen molar-refractivity contribution < 1.29 is 9.90 Å². The highest BCUT2D eigenvalue weighted by atomic mass is 16.3. The first kappa shape index (κ1) is 13.1. The first-order chi connectivity index (χ1) is 9.52. The molecule has 0 amide bonds. The molecule has 2 nitrogen and oxygen atoms in total. The van der Waals surface area contributed by atoms with Crippen LogP contribution in [-0.4, -0.2) is 16.5 Å². The van der Waals surface area contributed by atoms with Gasteiger partial charge in [0.15, 0.2) is 5.78 Å². The summed E-state index contributed by atoms with van der Waals surface area (Å²) in [7, 11) is 0. The van der Waals surface area contributed by atoms with Crippen LogP contribution in [0.25, 0.3) is 0 Å². The lowest BCUT2D eigenvalue weighted by molar-refractivity contribution is -0.157. The highest BCUT2D eigenvalue weighted by molar-refractivity contribution is 5.91. The van der Waals surface area contributed by atoms with Gasteiger partial charge in [0.1, 0.15) is 0 Å². The number of hydrogen-bond acceptors (Lipinski definition) is 2. The predicted molar refractivity (Wildman–Crippen MR) is 78.2 cm³/mol. The fourth-order valence-electron chi connectivity index (χ4n) is 5.97. The average Bonchev–Trinajstić information content (AvgIpc) is 2.73. The molecule has 0 aromatic heterocycles. The van der Waals surface area contributed by atoms with Crippen LogP contribution in [-0.2, 0) is 4.79 Å². The van der Waals surface area contributed by atoms with E-state index < -0.39 is 5.60 Å². The molecule has 2 heteroatoms. The second-order valence-electron chi connectivity index (χ2n) is 8.10. The summed E-state index contributed by atoms with van der Waals surface area (Å²) >= 11 is 0. The molecule has 0 aromatic carbocycles. The molecule has 4 aliphatic carbocycles. The molecule has 0 aromatic rings. The summed E-state index contributed by atoms with van der Waals surface area (Å²) in [6.45, 7) is 2.33. The number of ketones is 1. The summed E-state index contributed by atoms with van der Waals surface area (Å²) in [5.41, 5.74) is 1.16. The average molecular weight is 274 g/mol. The molecule has 4 aliphatic rings. The molecular formula is C18H26O2. The molecule has 0 bridgehead atoms. The molecule has 5 atom stereocenters. The quantitative estimate of drug-likeness (QED) is 0.732. The van der Waals surface area contributed by atoms with Crippen molar-refractivity contribution in [1.82, 2.24) is 0 Å². The van der Waals surface area contributed by atoms with E-state index >= 15 is 0 Å². The van der Waals surface area contributed by atoms with E-state index in [0.717, 1.165) is 32.1 Å². The van der Waals surface area contributed by atoms with Crippen LogP contribution >= 0.6 is 0 Å². The number of allylic oxidation sites excluding steroid dienone is 2. The standard InChI is InChI=1S/C18H26O2/c1-17-6-2-7-18(17,20)16-11-12-3-4-15(19)10-14(12)9-13(16)5-8-17/h10,12-13,16,20H,2-9,11H2,1H3/t12?,13?,16?,17-,18?/m1/s1. The predicted octanol–water partition coefficient (Wildman–Crippen LogP) is 3.63. The van der Waals surface area contributed by atoms with Crippen LogP contribution in [0.1, 0.15) is 64.7 Å². The fourth-order valence-corrected chi connectivity index (χ4v) is 5.97. The van der Waals surface area contributed by atoms with Crippen LogP contribution in [0.4, 0.5) is 0 Å². The lowest BCUT2D eigenvalue weighted by Gasteiger charge is -2.56.